The number of ether oxygens (including phenoxy) is 3. The third-order valence-corrected chi connectivity index (χ3v) is 4.29. The van der Waals surface area contributed by atoms with Crippen molar-refractivity contribution in [1.29, 1.82) is 0 Å². The molecule has 1 atom stereocenters. The SMILES string of the molecule is COc1ccc(/C=C/C(=O)OCC(=O)NC(Cc2ccccc2)C(C)=O)c(OC)c1. The summed E-state index contributed by atoms with van der Waals surface area (Å²) >= 11 is 0. The number of ketones is 1. The molecule has 0 saturated heterocycles. The zero-order chi connectivity index (χ0) is 21.9. The molecule has 2 aromatic carbocycles. The number of hydrogen-bond donors (Lipinski definition) is 1. The Morgan fingerprint density at radius 3 is 2.40 bits per heavy atom. The molecular weight excluding hydrogens is 386 g/mol. The first-order chi connectivity index (χ1) is 14.4. The van der Waals surface area contributed by atoms with Crippen LogP contribution in [0, 0.1) is 0 Å². The number of methoxy groups -OCH3 is 2. The van der Waals surface area contributed by atoms with E-state index in [1.807, 2.05) is 30.3 Å². The van der Waals surface area contributed by atoms with E-state index in [9.17, 15) is 14.4 Å². The van der Waals surface area contributed by atoms with Crippen molar-refractivity contribution in [3.8, 4) is 11.5 Å². The highest BCUT2D eigenvalue weighted by Gasteiger charge is 2.18. The van der Waals surface area contributed by atoms with Crippen LogP contribution >= 0.6 is 0 Å². The Labute approximate surface area is 175 Å². The van der Waals surface area contributed by atoms with Gasteiger partial charge in [-0.1, -0.05) is 30.3 Å². The fourth-order valence-electron chi connectivity index (χ4n) is 2.68. The second kappa shape index (κ2) is 11.4. The van der Waals surface area contributed by atoms with Gasteiger partial charge in [-0.3, -0.25) is 9.59 Å². The van der Waals surface area contributed by atoms with Crippen molar-refractivity contribution < 1.29 is 28.6 Å². The molecular formula is C23H25NO6. The van der Waals surface area contributed by atoms with Gasteiger partial charge in [-0.25, -0.2) is 4.79 Å². The molecule has 0 aliphatic heterocycles. The van der Waals surface area contributed by atoms with Crippen LogP contribution in [0.15, 0.2) is 54.6 Å². The summed E-state index contributed by atoms with van der Waals surface area (Å²) in [6.07, 6.45) is 3.09. The van der Waals surface area contributed by atoms with E-state index in [0.717, 1.165) is 5.56 Å². The zero-order valence-electron chi connectivity index (χ0n) is 17.2. The fourth-order valence-corrected chi connectivity index (χ4v) is 2.68. The molecule has 0 fully saturated rings. The Balaban J connectivity index is 1.88. The summed E-state index contributed by atoms with van der Waals surface area (Å²) < 4.78 is 15.3. The van der Waals surface area contributed by atoms with E-state index in [-0.39, 0.29) is 5.78 Å². The number of amides is 1. The van der Waals surface area contributed by atoms with Crippen LogP contribution in [0.1, 0.15) is 18.1 Å². The third kappa shape index (κ3) is 7.09. The molecule has 0 saturated carbocycles. The zero-order valence-corrected chi connectivity index (χ0v) is 17.2. The molecule has 30 heavy (non-hydrogen) atoms. The van der Waals surface area contributed by atoms with Crippen LogP contribution in [0.2, 0.25) is 0 Å². The van der Waals surface area contributed by atoms with Crippen LogP contribution in [0.3, 0.4) is 0 Å². The van der Waals surface area contributed by atoms with E-state index in [0.29, 0.717) is 23.5 Å². The standard InChI is InChI=1S/C23H25NO6/c1-16(25)20(13-17-7-5-4-6-8-17)24-22(26)15-30-23(27)12-10-18-9-11-19(28-2)14-21(18)29-3/h4-12,14,20H,13,15H2,1-3H3,(H,24,26)/b12-10+. The molecule has 1 unspecified atom stereocenters. The summed E-state index contributed by atoms with van der Waals surface area (Å²) in [4.78, 5) is 35.9. The molecule has 0 heterocycles. The molecule has 158 valence electrons. The van der Waals surface area contributed by atoms with Crippen molar-refractivity contribution in [3.05, 3.63) is 65.7 Å². The molecule has 1 N–H and O–H groups in total. The molecule has 1 amide bonds. The van der Waals surface area contributed by atoms with E-state index >= 15 is 0 Å². The van der Waals surface area contributed by atoms with Crippen LogP contribution in [0.5, 0.6) is 11.5 Å². The summed E-state index contributed by atoms with van der Waals surface area (Å²) in [6, 6.07) is 13.8. The Kier molecular flexibility index (Phi) is 8.62. The summed E-state index contributed by atoms with van der Waals surface area (Å²) in [5.41, 5.74) is 1.57. The van der Waals surface area contributed by atoms with Crippen molar-refractivity contribution in [3.63, 3.8) is 0 Å². The smallest absolute Gasteiger partial charge is 0.331 e. The second-order valence-corrected chi connectivity index (χ2v) is 6.47. The topological polar surface area (TPSA) is 90.9 Å². The first kappa shape index (κ1) is 22.7. The second-order valence-electron chi connectivity index (χ2n) is 6.47. The van der Waals surface area contributed by atoms with Gasteiger partial charge in [-0.2, -0.15) is 0 Å². The lowest BCUT2D eigenvalue weighted by Gasteiger charge is -2.16. The third-order valence-electron chi connectivity index (χ3n) is 4.29. The van der Waals surface area contributed by atoms with E-state index in [4.69, 9.17) is 14.2 Å². The molecule has 0 aliphatic rings. The molecule has 7 nitrogen and oxygen atoms in total. The summed E-state index contributed by atoms with van der Waals surface area (Å²) in [5, 5.41) is 2.60. The molecule has 2 aromatic rings. The van der Waals surface area contributed by atoms with Crippen molar-refractivity contribution in [2.45, 2.75) is 19.4 Å². The molecule has 0 radical (unpaired) electrons. The predicted molar refractivity (Wildman–Crippen MR) is 112 cm³/mol. The largest absolute Gasteiger partial charge is 0.497 e. The van der Waals surface area contributed by atoms with Crippen LogP contribution < -0.4 is 14.8 Å². The number of rotatable bonds is 10. The monoisotopic (exact) mass is 411 g/mol. The highest BCUT2D eigenvalue weighted by atomic mass is 16.5. The lowest BCUT2D eigenvalue weighted by Crippen LogP contribution is -2.43. The van der Waals surface area contributed by atoms with Crippen LogP contribution in [0.25, 0.3) is 6.08 Å². The average Bonchev–Trinajstić information content (AvgIpc) is 2.76. The lowest BCUT2D eigenvalue weighted by atomic mass is 10.0. The Morgan fingerprint density at radius 1 is 1.03 bits per heavy atom. The van der Waals surface area contributed by atoms with Gasteiger partial charge < -0.3 is 19.5 Å². The van der Waals surface area contributed by atoms with E-state index < -0.39 is 24.5 Å². The Bertz CT molecular complexity index is 907. The van der Waals surface area contributed by atoms with Gasteiger partial charge in [0.05, 0.1) is 20.3 Å². The molecule has 0 aliphatic carbocycles. The Morgan fingerprint density at radius 2 is 1.77 bits per heavy atom. The lowest BCUT2D eigenvalue weighted by molar-refractivity contribution is -0.144. The maximum atomic E-state index is 12.1. The maximum absolute atomic E-state index is 12.1. The predicted octanol–water partition coefficient (Wildman–Crippen LogP) is 2.58. The number of carbonyl (C=O) groups is 3. The number of hydrogen-bond acceptors (Lipinski definition) is 6. The number of carbonyl (C=O) groups excluding carboxylic acids is 3. The molecule has 0 spiro atoms. The van der Waals surface area contributed by atoms with Crippen molar-refractivity contribution in [1.82, 2.24) is 5.32 Å². The highest BCUT2D eigenvalue weighted by Crippen LogP contribution is 2.25. The first-order valence-corrected chi connectivity index (χ1v) is 9.33. The minimum atomic E-state index is -0.689. The molecule has 2 rings (SSSR count). The quantitative estimate of drug-likeness (QED) is 0.477. The minimum Gasteiger partial charge on any atom is -0.497 e. The molecule has 0 bridgehead atoms. The van der Waals surface area contributed by atoms with Crippen molar-refractivity contribution in [2.75, 3.05) is 20.8 Å². The number of nitrogens with one attached hydrogen (secondary N) is 1. The van der Waals surface area contributed by atoms with Crippen LogP contribution in [-0.2, 0) is 25.5 Å². The van der Waals surface area contributed by atoms with Gasteiger partial charge >= 0.3 is 5.97 Å². The Hall–Kier alpha value is -3.61. The van der Waals surface area contributed by atoms with Crippen molar-refractivity contribution >= 4 is 23.7 Å². The van der Waals surface area contributed by atoms with Gasteiger partial charge in [0.1, 0.15) is 11.5 Å². The summed E-state index contributed by atoms with van der Waals surface area (Å²) in [6.45, 7) is 0.923. The molecule has 7 heteroatoms. The molecule has 0 aromatic heterocycles. The van der Waals surface area contributed by atoms with Gasteiger partial charge in [0.25, 0.3) is 5.91 Å². The number of Topliss-reactive ketones (excluding diaryl/α,β-unsaturated/α-hetero) is 1. The van der Waals surface area contributed by atoms with Gasteiger partial charge in [0, 0.05) is 17.7 Å². The average molecular weight is 411 g/mol. The normalized spacial score (nSPS) is 11.6. The minimum absolute atomic E-state index is 0.176. The maximum Gasteiger partial charge on any atom is 0.331 e. The van der Waals surface area contributed by atoms with Crippen LogP contribution in [0.4, 0.5) is 0 Å². The first-order valence-electron chi connectivity index (χ1n) is 9.33. The van der Waals surface area contributed by atoms with Crippen LogP contribution in [-0.4, -0.2) is 44.5 Å². The van der Waals surface area contributed by atoms with Gasteiger partial charge in [0.15, 0.2) is 12.4 Å². The van der Waals surface area contributed by atoms with E-state index in [1.165, 1.54) is 26.2 Å². The number of benzene rings is 2. The number of esters is 1. The van der Waals surface area contributed by atoms with E-state index in [1.54, 1.807) is 25.3 Å². The highest BCUT2D eigenvalue weighted by molar-refractivity contribution is 5.91. The van der Waals surface area contributed by atoms with Gasteiger partial charge in [-0.15, -0.1) is 0 Å². The summed E-state index contributed by atoms with van der Waals surface area (Å²) in [7, 11) is 3.05. The summed E-state index contributed by atoms with van der Waals surface area (Å²) in [5.74, 6) is -0.259. The fraction of sp³-hybridized carbons (Fsp3) is 0.261. The van der Waals surface area contributed by atoms with Gasteiger partial charge in [-0.05, 0) is 37.1 Å². The van der Waals surface area contributed by atoms with Gasteiger partial charge in [0.2, 0.25) is 0 Å². The van der Waals surface area contributed by atoms with Crippen molar-refractivity contribution in [2.24, 2.45) is 0 Å². The van der Waals surface area contributed by atoms with E-state index in [2.05, 4.69) is 5.32 Å².